The number of benzene rings is 1. The molecule has 1 saturated heterocycles. The molecule has 1 aromatic carbocycles. The summed E-state index contributed by atoms with van der Waals surface area (Å²) in [6.45, 7) is 0.431. The van der Waals surface area contributed by atoms with Crippen molar-refractivity contribution in [2.75, 3.05) is 24.3 Å². The van der Waals surface area contributed by atoms with Crippen LogP contribution in [-0.4, -0.2) is 38.6 Å². The Labute approximate surface area is 117 Å². The summed E-state index contributed by atoms with van der Waals surface area (Å²) in [5.74, 6) is 0.358. The van der Waals surface area contributed by atoms with E-state index in [0.29, 0.717) is 18.5 Å². The number of rotatable bonds is 4. The largest absolute Gasteiger partial charge is 0.352 e. The van der Waals surface area contributed by atoms with Crippen LogP contribution in [0.2, 0.25) is 0 Å². The third kappa shape index (κ3) is 3.73. The number of nitrogens with one attached hydrogen (secondary N) is 1. The van der Waals surface area contributed by atoms with Crippen molar-refractivity contribution in [1.29, 1.82) is 0 Å². The van der Waals surface area contributed by atoms with Crippen molar-refractivity contribution in [3.05, 3.63) is 29.8 Å². The Balaban J connectivity index is 1.95. The van der Waals surface area contributed by atoms with Gasteiger partial charge in [0.2, 0.25) is 0 Å². The zero-order valence-electron chi connectivity index (χ0n) is 10.8. The van der Waals surface area contributed by atoms with Crippen molar-refractivity contribution >= 4 is 27.5 Å². The van der Waals surface area contributed by atoms with Crippen molar-refractivity contribution in [3.63, 3.8) is 0 Å². The van der Waals surface area contributed by atoms with Crippen LogP contribution in [-0.2, 0) is 9.84 Å². The minimum Gasteiger partial charge on any atom is -0.352 e. The average Bonchev–Trinajstić information content (AvgIpc) is 2.75. The predicted molar refractivity (Wildman–Crippen MR) is 77.3 cm³/mol. The number of carbonyl (C=O) groups excluding carboxylic acids is 1. The van der Waals surface area contributed by atoms with E-state index in [9.17, 15) is 13.2 Å². The molecule has 1 N–H and O–H groups in total. The van der Waals surface area contributed by atoms with Gasteiger partial charge in [0.05, 0.1) is 17.1 Å². The molecule has 6 heteroatoms. The standard InChI is InChI=1S/C13H17NO3S2/c1-18-12-5-3-2-4-11(12)13(15)14-8-10-6-7-19(16,17)9-10/h2-5,10H,6-9H2,1H3,(H,14,15). The third-order valence-corrected chi connectivity index (χ3v) is 5.86. The minimum absolute atomic E-state index is 0.0513. The first kappa shape index (κ1) is 14.4. The summed E-state index contributed by atoms with van der Waals surface area (Å²) in [6, 6.07) is 7.41. The summed E-state index contributed by atoms with van der Waals surface area (Å²) in [5, 5.41) is 2.84. The summed E-state index contributed by atoms with van der Waals surface area (Å²) in [6.07, 6.45) is 2.57. The van der Waals surface area contributed by atoms with Gasteiger partial charge in [-0.2, -0.15) is 0 Å². The predicted octanol–water partition coefficient (Wildman–Crippen LogP) is 1.57. The van der Waals surface area contributed by atoms with Crippen LogP contribution in [0.1, 0.15) is 16.8 Å². The highest BCUT2D eigenvalue weighted by molar-refractivity contribution is 7.98. The van der Waals surface area contributed by atoms with Crippen LogP contribution in [0.5, 0.6) is 0 Å². The summed E-state index contributed by atoms with van der Waals surface area (Å²) in [4.78, 5) is 13.0. The van der Waals surface area contributed by atoms with Crippen LogP contribution in [0.3, 0.4) is 0 Å². The zero-order valence-corrected chi connectivity index (χ0v) is 12.4. The number of amides is 1. The second-order valence-corrected chi connectivity index (χ2v) is 7.76. The molecule has 1 amide bonds. The van der Waals surface area contributed by atoms with Gasteiger partial charge in [0.25, 0.3) is 5.91 Å². The molecule has 19 heavy (non-hydrogen) atoms. The number of thioether (sulfide) groups is 1. The summed E-state index contributed by atoms with van der Waals surface area (Å²) >= 11 is 1.52. The Bertz CT molecular complexity index is 569. The minimum atomic E-state index is -2.88. The number of sulfone groups is 1. The molecule has 1 aliphatic rings. The molecule has 1 aliphatic heterocycles. The Hall–Kier alpha value is -1.01. The second-order valence-electron chi connectivity index (χ2n) is 4.68. The molecule has 0 radical (unpaired) electrons. The van der Waals surface area contributed by atoms with Crippen molar-refractivity contribution in [1.82, 2.24) is 5.32 Å². The maximum absolute atomic E-state index is 12.1. The van der Waals surface area contributed by atoms with Crippen LogP contribution < -0.4 is 5.32 Å². The first-order valence-electron chi connectivity index (χ1n) is 6.13. The molecule has 4 nitrogen and oxygen atoms in total. The molecule has 1 aromatic rings. The van der Waals surface area contributed by atoms with Gasteiger partial charge in [-0.3, -0.25) is 4.79 Å². The van der Waals surface area contributed by atoms with E-state index in [2.05, 4.69) is 5.32 Å². The highest BCUT2D eigenvalue weighted by Gasteiger charge is 2.28. The van der Waals surface area contributed by atoms with E-state index in [1.54, 1.807) is 6.07 Å². The fourth-order valence-corrected chi connectivity index (χ4v) is 4.65. The van der Waals surface area contributed by atoms with Crippen LogP contribution in [0.15, 0.2) is 29.2 Å². The van der Waals surface area contributed by atoms with Gasteiger partial charge in [-0.05, 0) is 30.7 Å². The molecule has 1 heterocycles. The SMILES string of the molecule is CSc1ccccc1C(=O)NCC1CCS(=O)(=O)C1. The van der Waals surface area contributed by atoms with Crippen LogP contribution in [0, 0.1) is 5.92 Å². The Morgan fingerprint density at radius 1 is 1.42 bits per heavy atom. The average molecular weight is 299 g/mol. The van der Waals surface area contributed by atoms with Gasteiger partial charge in [-0.15, -0.1) is 11.8 Å². The second kappa shape index (κ2) is 5.96. The molecule has 104 valence electrons. The lowest BCUT2D eigenvalue weighted by molar-refractivity contribution is 0.0945. The number of hydrogen-bond acceptors (Lipinski definition) is 4. The van der Waals surface area contributed by atoms with Gasteiger partial charge in [0.15, 0.2) is 9.84 Å². The number of carbonyl (C=O) groups is 1. The van der Waals surface area contributed by atoms with E-state index in [-0.39, 0.29) is 23.3 Å². The van der Waals surface area contributed by atoms with Crippen LogP contribution >= 0.6 is 11.8 Å². The smallest absolute Gasteiger partial charge is 0.252 e. The molecule has 0 spiro atoms. The molecule has 0 aliphatic carbocycles. The Morgan fingerprint density at radius 3 is 2.79 bits per heavy atom. The highest BCUT2D eigenvalue weighted by Crippen LogP contribution is 2.20. The lowest BCUT2D eigenvalue weighted by atomic mass is 10.1. The van der Waals surface area contributed by atoms with Crippen molar-refractivity contribution < 1.29 is 13.2 Å². The van der Waals surface area contributed by atoms with Crippen molar-refractivity contribution in [2.45, 2.75) is 11.3 Å². The third-order valence-electron chi connectivity index (χ3n) is 3.23. The maximum atomic E-state index is 12.1. The molecule has 1 fully saturated rings. The first-order valence-corrected chi connectivity index (χ1v) is 9.18. The number of hydrogen-bond donors (Lipinski definition) is 1. The van der Waals surface area contributed by atoms with E-state index in [4.69, 9.17) is 0 Å². The molecule has 2 rings (SSSR count). The van der Waals surface area contributed by atoms with Gasteiger partial charge in [-0.25, -0.2) is 8.42 Å². The van der Waals surface area contributed by atoms with E-state index in [1.165, 1.54) is 11.8 Å². The molecule has 0 bridgehead atoms. The van der Waals surface area contributed by atoms with E-state index in [0.717, 1.165) is 4.90 Å². The fraction of sp³-hybridized carbons (Fsp3) is 0.462. The van der Waals surface area contributed by atoms with Gasteiger partial charge in [0.1, 0.15) is 0 Å². The summed E-state index contributed by atoms with van der Waals surface area (Å²) < 4.78 is 22.7. The van der Waals surface area contributed by atoms with Crippen LogP contribution in [0.25, 0.3) is 0 Å². The topological polar surface area (TPSA) is 63.2 Å². The lowest BCUT2D eigenvalue weighted by Crippen LogP contribution is -2.30. The van der Waals surface area contributed by atoms with E-state index < -0.39 is 9.84 Å². The Kier molecular flexibility index (Phi) is 4.52. The van der Waals surface area contributed by atoms with Gasteiger partial charge >= 0.3 is 0 Å². The molecular weight excluding hydrogens is 282 g/mol. The van der Waals surface area contributed by atoms with Crippen molar-refractivity contribution in [3.8, 4) is 0 Å². The molecular formula is C13H17NO3S2. The Morgan fingerprint density at radius 2 is 2.16 bits per heavy atom. The van der Waals surface area contributed by atoms with Gasteiger partial charge in [0, 0.05) is 11.4 Å². The molecule has 1 atom stereocenters. The fourth-order valence-electron chi connectivity index (χ4n) is 2.20. The van der Waals surface area contributed by atoms with Gasteiger partial charge < -0.3 is 5.32 Å². The lowest BCUT2D eigenvalue weighted by Gasteiger charge is -2.11. The first-order chi connectivity index (χ1) is 9.02. The quantitative estimate of drug-likeness (QED) is 0.857. The van der Waals surface area contributed by atoms with Crippen molar-refractivity contribution in [2.24, 2.45) is 5.92 Å². The zero-order chi connectivity index (χ0) is 13.9. The summed E-state index contributed by atoms with van der Waals surface area (Å²) in [7, 11) is -2.88. The monoisotopic (exact) mass is 299 g/mol. The van der Waals surface area contributed by atoms with E-state index >= 15 is 0 Å². The summed E-state index contributed by atoms with van der Waals surface area (Å²) in [5.41, 5.74) is 0.649. The molecule has 0 aromatic heterocycles. The van der Waals surface area contributed by atoms with E-state index in [1.807, 2.05) is 24.5 Å². The molecule has 0 saturated carbocycles. The van der Waals surface area contributed by atoms with Gasteiger partial charge in [-0.1, -0.05) is 12.1 Å². The normalized spacial score (nSPS) is 21.2. The maximum Gasteiger partial charge on any atom is 0.252 e. The molecule has 1 unspecified atom stereocenters. The highest BCUT2D eigenvalue weighted by atomic mass is 32.2. The van der Waals surface area contributed by atoms with Crippen LogP contribution in [0.4, 0.5) is 0 Å².